The van der Waals surface area contributed by atoms with Crippen LogP contribution in [0.2, 0.25) is 0 Å². The van der Waals surface area contributed by atoms with Gasteiger partial charge in [0.1, 0.15) is 0 Å². The highest BCUT2D eigenvalue weighted by Crippen LogP contribution is 2.29. The number of hydrogen-bond donors (Lipinski definition) is 2. The molecule has 6 heteroatoms. The molecule has 0 aliphatic carbocycles. The molecule has 1 amide bonds. The summed E-state index contributed by atoms with van der Waals surface area (Å²) in [6.07, 6.45) is 2.19. The van der Waals surface area contributed by atoms with E-state index in [4.69, 9.17) is 9.47 Å². The Morgan fingerprint density at radius 1 is 1.00 bits per heavy atom. The van der Waals surface area contributed by atoms with E-state index in [1.165, 1.54) is 5.56 Å². The van der Waals surface area contributed by atoms with Crippen LogP contribution in [-0.4, -0.2) is 24.7 Å². The zero-order chi connectivity index (χ0) is 22.0. The van der Waals surface area contributed by atoms with Crippen molar-refractivity contribution in [2.24, 2.45) is 0 Å². The third-order valence-corrected chi connectivity index (χ3v) is 4.51. The highest BCUT2D eigenvalue weighted by atomic mass is 35.5. The van der Waals surface area contributed by atoms with Crippen molar-refractivity contribution in [2.75, 3.05) is 13.2 Å². The first-order valence-corrected chi connectivity index (χ1v) is 10.8. The Bertz CT molecular complexity index is 791. The van der Waals surface area contributed by atoms with E-state index >= 15 is 0 Å². The predicted octanol–water partition coefficient (Wildman–Crippen LogP) is 5.43. The minimum absolute atomic E-state index is 0. The Hall–Kier alpha value is -2.24. The molecule has 2 aromatic carbocycles. The fraction of sp³-hybridized carbons (Fsp3) is 0.480. The molecule has 1 atom stereocenters. The number of benzene rings is 2. The van der Waals surface area contributed by atoms with Crippen LogP contribution in [0.25, 0.3) is 0 Å². The Morgan fingerprint density at radius 3 is 2.32 bits per heavy atom. The average Bonchev–Trinajstić information content (AvgIpc) is 2.70. The van der Waals surface area contributed by atoms with Crippen molar-refractivity contribution < 1.29 is 14.3 Å². The quantitative estimate of drug-likeness (QED) is 0.481. The smallest absolute Gasteiger partial charge is 0.258 e. The molecule has 0 aromatic heterocycles. The van der Waals surface area contributed by atoms with E-state index in [0.717, 1.165) is 24.9 Å². The van der Waals surface area contributed by atoms with Gasteiger partial charge in [-0.05, 0) is 57.4 Å². The lowest BCUT2D eigenvalue weighted by molar-refractivity contribution is -0.124. The molecule has 1 unspecified atom stereocenters. The molecule has 5 nitrogen and oxygen atoms in total. The lowest BCUT2D eigenvalue weighted by Gasteiger charge is -2.21. The third-order valence-electron chi connectivity index (χ3n) is 4.51. The Balaban J connectivity index is 0.00000480. The van der Waals surface area contributed by atoms with Gasteiger partial charge in [0.25, 0.3) is 5.91 Å². The number of hydrogen-bond acceptors (Lipinski definition) is 4. The summed E-state index contributed by atoms with van der Waals surface area (Å²) in [5, 5.41) is 6.56. The summed E-state index contributed by atoms with van der Waals surface area (Å²) in [5.74, 6) is 1.09. The van der Waals surface area contributed by atoms with E-state index in [9.17, 15) is 4.79 Å². The van der Waals surface area contributed by atoms with Crippen molar-refractivity contribution in [3.63, 3.8) is 0 Å². The van der Waals surface area contributed by atoms with Gasteiger partial charge in [0.15, 0.2) is 18.1 Å². The SMILES string of the molecule is CCCC(NCc1ccc(OCC(=O)NC(C)(C)C)c(OCC)c1)c1ccccc1.Cl. The van der Waals surface area contributed by atoms with Gasteiger partial charge in [-0.25, -0.2) is 0 Å². The van der Waals surface area contributed by atoms with Crippen molar-refractivity contribution in [3.05, 3.63) is 59.7 Å². The van der Waals surface area contributed by atoms with Gasteiger partial charge in [-0.15, -0.1) is 12.4 Å². The highest BCUT2D eigenvalue weighted by Gasteiger charge is 2.16. The normalized spacial score (nSPS) is 11.9. The van der Waals surface area contributed by atoms with Gasteiger partial charge in [-0.2, -0.15) is 0 Å². The Morgan fingerprint density at radius 2 is 1.71 bits per heavy atom. The van der Waals surface area contributed by atoms with Crippen LogP contribution in [0.5, 0.6) is 11.5 Å². The summed E-state index contributed by atoms with van der Waals surface area (Å²) in [7, 11) is 0. The second-order valence-electron chi connectivity index (χ2n) is 8.43. The number of amides is 1. The molecule has 172 valence electrons. The first kappa shape index (κ1) is 26.8. The zero-order valence-corrected chi connectivity index (χ0v) is 20.2. The number of halogens is 1. The van der Waals surface area contributed by atoms with Crippen LogP contribution in [0, 0.1) is 0 Å². The molecule has 0 bridgehead atoms. The molecule has 2 aromatic rings. The second kappa shape index (κ2) is 13.2. The zero-order valence-electron chi connectivity index (χ0n) is 19.4. The Kier molecular flexibility index (Phi) is 11.4. The summed E-state index contributed by atoms with van der Waals surface area (Å²) in [4.78, 5) is 12.1. The minimum Gasteiger partial charge on any atom is -0.490 e. The van der Waals surface area contributed by atoms with Crippen LogP contribution in [-0.2, 0) is 11.3 Å². The summed E-state index contributed by atoms with van der Waals surface area (Å²) >= 11 is 0. The standard InChI is InChI=1S/C25H36N2O3.ClH/c1-6-11-21(20-12-9-8-10-13-20)26-17-19-14-15-22(23(16-19)29-7-2)30-18-24(28)27-25(3,4)5;/h8-10,12-16,21,26H,6-7,11,17-18H2,1-5H3,(H,27,28);1H. The van der Waals surface area contributed by atoms with Crippen LogP contribution >= 0.6 is 12.4 Å². The van der Waals surface area contributed by atoms with Crippen molar-refractivity contribution >= 4 is 18.3 Å². The van der Waals surface area contributed by atoms with E-state index in [-0.39, 0.29) is 30.5 Å². The lowest BCUT2D eigenvalue weighted by atomic mass is 10.0. The third kappa shape index (κ3) is 9.62. The molecule has 0 saturated heterocycles. The molecule has 0 saturated carbocycles. The first-order chi connectivity index (χ1) is 14.3. The molecule has 0 heterocycles. The molecule has 31 heavy (non-hydrogen) atoms. The molecular formula is C25H37ClN2O3. The van der Waals surface area contributed by atoms with Gasteiger partial charge in [-0.1, -0.05) is 49.7 Å². The number of carbonyl (C=O) groups excluding carboxylic acids is 1. The van der Waals surface area contributed by atoms with Gasteiger partial charge < -0.3 is 20.1 Å². The summed E-state index contributed by atoms with van der Waals surface area (Å²) in [5.41, 5.74) is 2.13. The first-order valence-electron chi connectivity index (χ1n) is 10.8. The number of carbonyl (C=O) groups is 1. The fourth-order valence-electron chi connectivity index (χ4n) is 3.25. The lowest BCUT2D eigenvalue weighted by Crippen LogP contribution is -2.43. The minimum atomic E-state index is -0.285. The average molecular weight is 449 g/mol. The maximum atomic E-state index is 12.1. The van der Waals surface area contributed by atoms with E-state index < -0.39 is 0 Å². The molecule has 2 rings (SSSR count). The topological polar surface area (TPSA) is 59.6 Å². The summed E-state index contributed by atoms with van der Waals surface area (Å²) in [6.45, 7) is 11.2. The largest absolute Gasteiger partial charge is 0.490 e. The molecule has 0 fully saturated rings. The number of rotatable bonds is 11. The summed E-state index contributed by atoms with van der Waals surface area (Å²) in [6, 6.07) is 16.7. The van der Waals surface area contributed by atoms with Gasteiger partial charge in [0.05, 0.1) is 6.61 Å². The van der Waals surface area contributed by atoms with Crippen LogP contribution in [0.3, 0.4) is 0 Å². The van der Waals surface area contributed by atoms with Gasteiger partial charge in [-0.3, -0.25) is 4.79 Å². The molecule has 0 radical (unpaired) electrons. The maximum absolute atomic E-state index is 12.1. The molecule has 2 N–H and O–H groups in total. The van der Waals surface area contributed by atoms with Crippen LogP contribution < -0.4 is 20.1 Å². The Labute approximate surface area is 193 Å². The predicted molar refractivity (Wildman–Crippen MR) is 129 cm³/mol. The van der Waals surface area contributed by atoms with Crippen molar-refractivity contribution in [3.8, 4) is 11.5 Å². The maximum Gasteiger partial charge on any atom is 0.258 e. The van der Waals surface area contributed by atoms with E-state index in [1.807, 2.05) is 52.0 Å². The van der Waals surface area contributed by atoms with Crippen molar-refractivity contribution in [1.29, 1.82) is 0 Å². The van der Waals surface area contributed by atoms with Gasteiger partial charge in [0.2, 0.25) is 0 Å². The molecular weight excluding hydrogens is 412 g/mol. The van der Waals surface area contributed by atoms with Crippen LogP contribution in [0.1, 0.15) is 64.6 Å². The van der Waals surface area contributed by atoms with E-state index in [1.54, 1.807) is 0 Å². The van der Waals surface area contributed by atoms with E-state index in [0.29, 0.717) is 24.1 Å². The van der Waals surface area contributed by atoms with Crippen LogP contribution in [0.4, 0.5) is 0 Å². The monoisotopic (exact) mass is 448 g/mol. The van der Waals surface area contributed by atoms with E-state index in [2.05, 4.69) is 41.8 Å². The second-order valence-corrected chi connectivity index (χ2v) is 8.43. The molecule has 0 spiro atoms. The van der Waals surface area contributed by atoms with Crippen LogP contribution in [0.15, 0.2) is 48.5 Å². The number of nitrogens with one attached hydrogen (secondary N) is 2. The number of ether oxygens (including phenoxy) is 2. The fourth-order valence-corrected chi connectivity index (χ4v) is 3.25. The summed E-state index contributed by atoms with van der Waals surface area (Å²) < 4.78 is 11.5. The van der Waals surface area contributed by atoms with Crippen molar-refractivity contribution in [2.45, 2.75) is 65.6 Å². The van der Waals surface area contributed by atoms with Gasteiger partial charge in [0, 0.05) is 18.1 Å². The highest BCUT2D eigenvalue weighted by molar-refractivity contribution is 5.85. The van der Waals surface area contributed by atoms with Crippen molar-refractivity contribution in [1.82, 2.24) is 10.6 Å². The molecule has 0 aliphatic heterocycles. The van der Waals surface area contributed by atoms with Gasteiger partial charge >= 0.3 is 0 Å². The molecule has 0 aliphatic rings.